The van der Waals surface area contributed by atoms with Crippen molar-refractivity contribution in [1.29, 1.82) is 0 Å². The Morgan fingerprint density at radius 3 is 2.44 bits per heavy atom. The van der Waals surface area contributed by atoms with Crippen LogP contribution in [0.1, 0.15) is 22.8 Å². The molecule has 0 atom stereocenters. The van der Waals surface area contributed by atoms with Gasteiger partial charge in [-0.2, -0.15) is 0 Å². The summed E-state index contributed by atoms with van der Waals surface area (Å²) in [6.07, 6.45) is -0.220. The topological polar surface area (TPSA) is 81.7 Å². The highest BCUT2D eigenvalue weighted by molar-refractivity contribution is 5.95. The van der Waals surface area contributed by atoms with Crippen LogP contribution < -0.4 is 10.1 Å². The predicted octanol–water partition coefficient (Wildman–Crippen LogP) is 2.90. The molecular formula is C19H17F2NO5. The monoisotopic (exact) mass is 377 g/mol. The first-order valence-corrected chi connectivity index (χ1v) is 7.88. The Morgan fingerprint density at radius 2 is 1.81 bits per heavy atom. The Kier molecular flexibility index (Phi) is 6.59. The number of hydrogen-bond donors (Lipinski definition) is 1. The molecule has 0 unspecified atom stereocenters. The molecule has 0 saturated heterocycles. The van der Waals surface area contributed by atoms with E-state index in [1.165, 1.54) is 20.1 Å². The fraction of sp³-hybridized carbons (Fsp3) is 0.211. The van der Waals surface area contributed by atoms with Crippen LogP contribution in [0.4, 0.5) is 14.5 Å². The number of benzene rings is 2. The van der Waals surface area contributed by atoms with Crippen molar-refractivity contribution in [2.24, 2.45) is 0 Å². The van der Waals surface area contributed by atoms with Gasteiger partial charge in [0.15, 0.2) is 12.4 Å². The van der Waals surface area contributed by atoms with Gasteiger partial charge in [-0.05, 0) is 37.3 Å². The quantitative estimate of drug-likeness (QED) is 0.593. The largest absolute Gasteiger partial charge is 0.496 e. The van der Waals surface area contributed by atoms with Crippen LogP contribution in [0, 0.1) is 11.6 Å². The van der Waals surface area contributed by atoms with Crippen LogP contribution in [0.25, 0.3) is 0 Å². The van der Waals surface area contributed by atoms with Crippen molar-refractivity contribution >= 4 is 23.3 Å². The number of halogens is 2. The molecule has 0 aliphatic rings. The molecule has 0 heterocycles. The number of anilines is 1. The second-order valence-corrected chi connectivity index (χ2v) is 5.59. The number of methoxy groups -OCH3 is 1. The number of carbonyl (C=O) groups is 3. The van der Waals surface area contributed by atoms with Crippen LogP contribution in [-0.2, 0) is 20.7 Å². The average molecular weight is 377 g/mol. The zero-order valence-electron chi connectivity index (χ0n) is 14.7. The molecule has 1 N–H and O–H groups in total. The summed E-state index contributed by atoms with van der Waals surface area (Å²) in [6, 6.07) is 7.30. The summed E-state index contributed by atoms with van der Waals surface area (Å²) < 4.78 is 36.3. The van der Waals surface area contributed by atoms with Gasteiger partial charge in [0.2, 0.25) is 0 Å². The Bertz CT molecular complexity index is 882. The van der Waals surface area contributed by atoms with E-state index in [4.69, 9.17) is 9.47 Å². The third kappa shape index (κ3) is 5.60. The lowest BCUT2D eigenvalue weighted by molar-refractivity contribution is -0.146. The van der Waals surface area contributed by atoms with Gasteiger partial charge in [-0.1, -0.05) is 0 Å². The summed E-state index contributed by atoms with van der Waals surface area (Å²) in [5.41, 5.74) is 0.608. The first-order chi connectivity index (χ1) is 12.8. The highest BCUT2D eigenvalue weighted by Crippen LogP contribution is 2.21. The molecule has 0 saturated carbocycles. The van der Waals surface area contributed by atoms with Crippen molar-refractivity contribution in [3.05, 3.63) is 59.2 Å². The van der Waals surface area contributed by atoms with Gasteiger partial charge < -0.3 is 14.8 Å². The smallest absolute Gasteiger partial charge is 0.310 e. The van der Waals surface area contributed by atoms with E-state index in [1.54, 1.807) is 12.1 Å². The van der Waals surface area contributed by atoms with E-state index >= 15 is 0 Å². The maximum Gasteiger partial charge on any atom is 0.310 e. The minimum absolute atomic E-state index is 0.173. The van der Waals surface area contributed by atoms with Gasteiger partial charge in [0.25, 0.3) is 5.91 Å². The molecule has 0 aromatic heterocycles. The lowest BCUT2D eigenvalue weighted by atomic mass is 10.0. The van der Waals surface area contributed by atoms with Crippen molar-refractivity contribution < 1.29 is 32.6 Å². The molecule has 0 bridgehead atoms. The van der Waals surface area contributed by atoms with Crippen molar-refractivity contribution in [2.75, 3.05) is 19.0 Å². The zero-order chi connectivity index (χ0) is 20.0. The molecule has 8 heteroatoms. The van der Waals surface area contributed by atoms with Gasteiger partial charge in [-0.25, -0.2) is 8.78 Å². The van der Waals surface area contributed by atoms with Gasteiger partial charge in [0.1, 0.15) is 17.4 Å². The van der Waals surface area contributed by atoms with Crippen LogP contribution in [0.2, 0.25) is 0 Å². The third-order valence-electron chi connectivity index (χ3n) is 3.59. The van der Waals surface area contributed by atoms with E-state index in [-0.39, 0.29) is 17.9 Å². The summed E-state index contributed by atoms with van der Waals surface area (Å²) in [4.78, 5) is 35.2. The van der Waals surface area contributed by atoms with Crippen molar-refractivity contribution in [1.82, 2.24) is 0 Å². The predicted molar refractivity (Wildman–Crippen MR) is 92.6 cm³/mol. The summed E-state index contributed by atoms with van der Waals surface area (Å²) in [6.45, 7) is 0.743. The number of Topliss-reactive ketones (excluding diaryl/α,β-unsaturated/α-hetero) is 1. The van der Waals surface area contributed by atoms with Gasteiger partial charge >= 0.3 is 5.97 Å². The minimum atomic E-state index is -0.944. The molecule has 2 rings (SSSR count). The number of nitrogens with one attached hydrogen (secondary N) is 1. The second kappa shape index (κ2) is 8.88. The van der Waals surface area contributed by atoms with Crippen LogP contribution in [-0.4, -0.2) is 31.4 Å². The highest BCUT2D eigenvalue weighted by atomic mass is 19.1. The number of ketones is 1. The fourth-order valence-electron chi connectivity index (χ4n) is 2.27. The van der Waals surface area contributed by atoms with Gasteiger partial charge in [0, 0.05) is 17.2 Å². The second-order valence-electron chi connectivity index (χ2n) is 5.59. The normalized spacial score (nSPS) is 10.2. The Hall–Kier alpha value is -3.29. The van der Waals surface area contributed by atoms with E-state index in [2.05, 4.69) is 5.32 Å². The standard InChI is InChI=1S/C19H17F2NO5/c1-11(23)12-3-6-17(26-2)13(7-12)8-19(25)27-10-18(24)22-16-5-4-14(20)9-15(16)21/h3-7,9H,8,10H2,1-2H3,(H,22,24). The third-order valence-corrected chi connectivity index (χ3v) is 3.59. The van der Waals surface area contributed by atoms with Crippen LogP contribution in [0.15, 0.2) is 36.4 Å². The molecule has 0 fully saturated rings. The number of esters is 1. The first-order valence-electron chi connectivity index (χ1n) is 7.88. The molecule has 0 aliphatic heterocycles. The maximum atomic E-state index is 13.5. The zero-order valence-corrected chi connectivity index (χ0v) is 14.7. The Balaban J connectivity index is 1.95. The highest BCUT2D eigenvalue weighted by Gasteiger charge is 2.15. The van der Waals surface area contributed by atoms with E-state index in [0.29, 0.717) is 22.9 Å². The number of hydrogen-bond acceptors (Lipinski definition) is 5. The van der Waals surface area contributed by atoms with Crippen molar-refractivity contribution in [3.63, 3.8) is 0 Å². The molecule has 142 valence electrons. The van der Waals surface area contributed by atoms with Gasteiger partial charge in [-0.3, -0.25) is 14.4 Å². The van der Waals surface area contributed by atoms with E-state index < -0.39 is 30.1 Å². The first kappa shape index (κ1) is 20.0. The van der Waals surface area contributed by atoms with Crippen LogP contribution in [0.5, 0.6) is 5.75 Å². The van der Waals surface area contributed by atoms with E-state index in [0.717, 1.165) is 12.1 Å². The Labute approximate surface area is 154 Å². The number of ether oxygens (including phenoxy) is 2. The van der Waals surface area contributed by atoms with Crippen molar-refractivity contribution in [3.8, 4) is 5.75 Å². The molecule has 27 heavy (non-hydrogen) atoms. The van der Waals surface area contributed by atoms with Crippen molar-refractivity contribution in [2.45, 2.75) is 13.3 Å². The number of amides is 1. The molecule has 6 nitrogen and oxygen atoms in total. The summed E-state index contributed by atoms with van der Waals surface area (Å²) in [5.74, 6) is -3.01. The number of carbonyl (C=O) groups excluding carboxylic acids is 3. The lowest BCUT2D eigenvalue weighted by Crippen LogP contribution is -2.22. The van der Waals surface area contributed by atoms with Gasteiger partial charge in [0.05, 0.1) is 19.2 Å². The summed E-state index contributed by atoms with van der Waals surface area (Å²) in [5, 5.41) is 2.18. The van der Waals surface area contributed by atoms with Gasteiger partial charge in [-0.15, -0.1) is 0 Å². The minimum Gasteiger partial charge on any atom is -0.496 e. The molecule has 2 aromatic rings. The summed E-state index contributed by atoms with van der Waals surface area (Å²) >= 11 is 0. The fourth-order valence-corrected chi connectivity index (χ4v) is 2.27. The SMILES string of the molecule is COc1ccc(C(C)=O)cc1CC(=O)OCC(=O)Nc1ccc(F)cc1F. The molecule has 0 spiro atoms. The molecule has 2 aromatic carbocycles. The number of rotatable bonds is 7. The Morgan fingerprint density at radius 1 is 1.07 bits per heavy atom. The molecule has 0 aliphatic carbocycles. The lowest BCUT2D eigenvalue weighted by Gasteiger charge is -2.10. The summed E-state index contributed by atoms with van der Waals surface area (Å²) in [7, 11) is 1.42. The maximum absolute atomic E-state index is 13.5. The van der Waals surface area contributed by atoms with E-state index in [1.807, 2.05) is 0 Å². The van der Waals surface area contributed by atoms with Crippen LogP contribution >= 0.6 is 0 Å². The molecule has 0 radical (unpaired) electrons. The molecular weight excluding hydrogens is 360 g/mol. The van der Waals surface area contributed by atoms with Crippen LogP contribution in [0.3, 0.4) is 0 Å². The van der Waals surface area contributed by atoms with E-state index in [9.17, 15) is 23.2 Å². The average Bonchev–Trinajstić information content (AvgIpc) is 2.62. The molecule has 1 amide bonds.